The van der Waals surface area contributed by atoms with Crippen molar-refractivity contribution in [2.75, 3.05) is 0 Å². The molecule has 0 saturated heterocycles. The molecule has 1 aromatic carbocycles. The molecule has 0 radical (unpaired) electrons. The van der Waals surface area contributed by atoms with Crippen LogP contribution in [-0.4, -0.2) is 5.97 Å². The number of benzene rings is 1. The van der Waals surface area contributed by atoms with Crippen LogP contribution in [0.3, 0.4) is 0 Å². The SMILES string of the molecule is CCC(C)(C)CC(C)C(=O)Oc1ccccc1. The van der Waals surface area contributed by atoms with Crippen LogP contribution in [0.1, 0.15) is 40.5 Å². The Morgan fingerprint density at radius 3 is 2.41 bits per heavy atom. The first kappa shape index (κ1) is 13.8. The maximum atomic E-state index is 11.9. The summed E-state index contributed by atoms with van der Waals surface area (Å²) in [5.41, 5.74) is 0.190. The number of rotatable bonds is 5. The summed E-state index contributed by atoms with van der Waals surface area (Å²) in [7, 11) is 0. The van der Waals surface area contributed by atoms with Gasteiger partial charge in [0.05, 0.1) is 5.92 Å². The van der Waals surface area contributed by atoms with Crippen molar-refractivity contribution in [3.05, 3.63) is 30.3 Å². The zero-order valence-corrected chi connectivity index (χ0v) is 11.2. The molecular weight excluding hydrogens is 212 g/mol. The minimum Gasteiger partial charge on any atom is -0.426 e. The summed E-state index contributed by atoms with van der Waals surface area (Å²) in [6, 6.07) is 9.23. The molecule has 0 spiro atoms. The van der Waals surface area contributed by atoms with Gasteiger partial charge < -0.3 is 4.74 Å². The third-order valence-corrected chi connectivity index (χ3v) is 3.18. The van der Waals surface area contributed by atoms with Gasteiger partial charge in [-0.05, 0) is 24.0 Å². The zero-order valence-electron chi connectivity index (χ0n) is 11.2. The second-order valence-corrected chi connectivity index (χ2v) is 5.36. The maximum Gasteiger partial charge on any atom is 0.314 e. The third-order valence-electron chi connectivity index (χ3n) is 3.18. The van der Waals surface area contributed by atoms with Crippen molar-refractivity contribution in [2.45, 2.75) is 40.5 Å². The van der Waals surface area contributed by atoms with Gasteiger partial charge in [0.25, 0.3) is 0 Å². The molecule has 17 heavy (non-hydrogen) atoms. The van der Waals surface area contributed by atoms with Crippen LogP contribution in [0, 0.1) is 11.3 Å². The number of carbonyl (C=O) groups excluding carboxylic acids is 1. The van der Waals surface area contributed by atoms with Gasteiger partial charge in [-0.15, -0.1) is 0 Å². The van der Waals surface area contributed by atoms with Gasteiger partial charge in [0.2, 0.25) is 0 Å². The van der Waals surface area contributed by atoms with Crippen molar-refractivity contribution in [1.82, 2.24) is 0 Å². The predicted octanol–water partition coefficient (Wildman–Crippen LogP) is 4.05. The Balaban J connectivity index is 2.54. The Morgan fingerprint density at radius 2 is 1.88 bits per heavy atom. The van der Waals surface area contributed by atoms with E-state index in [2.05, 4.69) is 20.8 Å². The highest BCUT2D eigenvalue weighted by Crippen LogP contribution is 2.29. The number of carbonyl (C=O) groups is 1. The molecule has 0 saturated carbocycles. The first-order valence-electron chi connectivity index (χ1n) is 6.21. The Labute approximate surface area is 104 Å². The van der Waals surface area contributed by atoms with E-state index in [1.807, 2.05) is 25.1 Å². The van der Waals surface area contributed by atoms with Gasteiger partial charge >= 0.3 is 5.97 Å². The van der Waals surface area contributed by atoms with Crippen LogP contribution in [0.25, 0.3) is 0 Å². The number of hydrogen-bond donors (Lipinski definition) is 0. The van der Waals surface area contributed by atoms with E-state index in [0.29, 0.717) is 5.75 Å². The van der Waals surface area contributed by atoms with Gasteiger partial charge in [0.15, 0.2) is 0 Å². The van der Waals surface area contributed by atoms with Gasteiger partial charge in [0.1, 0.15) is 5.75 Å². The van der Waals surface area contributed by atoms with Crippen molar-refractivity contribution in [3.63, 3.8) is 0 Å². The Morgan fingerprint density at radius 1 is 1.29 bits per heavy atom. The van der Waals surface area contributed by atoms with E-state index in [4.69, 9.17) is 4.74 Å². The molecule has 0 aliphatic heterocycles. The minimum atomic E-state index is -0.141. The summed E-state index contributed by atoms with van der Waals surface area (Å²) < 4.78 is 5.33. The monoisotopic (exact) mass is 234 g/mol. The Kier molecular flexibility index (Phi) is 4.73. The van der Waals surface area contributed by atoms with E-state index >= 15 is 0 Å². The zero-order chi connectivity index (χ0) is 12.9. The van der Waals surface area contributed by atoms with Crippen LogP contribution >= 0.6 is 0 Å². The predicted molar refractivity (Wildman–Crippen MR) is 69.9 cm³/mol. The average Bonchev–Trinajstić information content (AvgIpc) is 2.30. The van der Waals surface area contributed by atoms with E-state index < -0.39 is 0 Å². The fourth-order valence-electron chi connectivity index (χ4n) is 1.76. The molecule has 1 atom stereocenters. The summed E-state index contributed by atoms with van der Waals surface area (Å²) in [6.45, 7) is 8.44. The molecule has 2 nitrogen and oxygen atoms in total. The molecule has 94 valence electrons. The maximum absolute atomic E-state index is 11.9. The van der Waals surface area contributed by atoms with Crippen LogP contribution < -0.4 is 4.74 Å². The van der Waals surface area contributed by atoms with Crippen molar-refractivity contribution in [2.24, 2.45) is 11.3 Å². The number of para-hydroxylation sites is 1. The molecule has 0 aliphatic carbocycles. The summed E-state index contributed by atoms with van der Waals surface area (Å²) in [5.74, 6) is 0.418. The molecule has 1 unspecified atom stereocenters. The minimum absolute atomic E-state index is 0.0647. The number of esters is 1. The average molecular weight is 234 g/mol. The van der Waals surface area contributed by atoms with Crippen molar-refractivity contribution >= 4 is 5.97 Å². The summed E-state index contributed by atoms with van der Waals surface area (Å²) in [6.07, 6.45) is 1.92. The molecule has 1 rings (SSSR count). The second kappa shape index (κ2) is 5.85. The Bertz CT molecular complexity index is 354. The molecule has 1 aromatic rings. The largest absolute Gasteiger partial charge is 0.426 e. The van der Waals surface area contributed by atoms with Gasteiger partial charge in [-0.1, -0.05) is 52.3 Å². The van der Waals surface area contributed by atoms with E-state index in [-0.39, 0.29) is 17.3 Å². The van der Waals surface area contributed by atoms with Crippen molar-refractivity contribution in [1.29, 1.82) is 0 Å². The summed E-state index contributed by atoms with van der Waals surface area (Å²) in [4.78, 5) is 11.9. The van der Waals surface area contributed by atoms with E-state index in [1.54, 1.807) is 12.1 Å². The molecular formula is C15H22O2. The molecule has 2 heteroatoms. The van der Waals surface area contributed by atoms with Gasteiger partial charge in [-0.3, -0.25) is 4.79 Å². The normalized spacial score (nSPS) is 13.2. The molecule has 0 bridgehead atoms. The lowest BCUT2D eigenvalue weighted by Crippen LogP contribution is -2.24. The highest BCUT2D eigenvalue weighted by atomic mass is 16.5. The Hall–Kier alpha value is -1.31. The van der Waals surface area contributed by atoms with Crippen LogP contribution in [0.4, 0.5) is 0 Å². The molecule has 0 aromatic heterocycles. The van der Waals surface area contributed by atoms with Gasteiger partial charge in [-0.25, -0.2) is 0 Å². The quantitative estimate of drug-likeness (QED) is 0.567. The summed E-state index contributed by atoms with van der Waals surface area (Å²) in [5, 5.41) is 0. The second-order valence-electron chi connectivity index (χ2n) is 5.36. The van der Waals surface area contributed by atoms with E-state index in [1.165, 1.54) is 0 Å². The molecule has 0 amide bonds. The lowest BCUT2D eigenvalue weighted by Gasteiger charge is -2.25. The lowest BCUT2D eigenvalue weighted by atomic mass is 9.81. The first-order valence-corrected chi connectivity index (χ1v) is 6.21. The number of hydrogen-bond acceptors (Lipinski definition) is 2. The highest BCUT2D eigenvalue weighted by Gasteiger charge is 2.24. The van der Waals surface area contributed by atoms with Crippen molar-refractivity contribution in [3.8, 4) is 5.75 Å². The van der Waals surface area contributed by atoms with E-state index in [0.717, 1.165) is 12.8 Å². The van der Waals surface area contributed by atoms with Gasteiger partial charge in [0, 0.05) is 0 Å². The van der Waals surface area contributed by atoms with Crippen LogP contribution in [0.2, 0.25) is 0 Å². The van der Waals surface area contributed by atoms with E-state index in [9.17, 15) is 4.79 Å². The van der Waals surface area contributed by atoms with Crippen LogP contribution in [-0.2, 0) is 4.79 Å². The van der Waals surface area contributed by atoms with Gasteiger partial charge in [-0.2, -0.15) is 0 Å². The topological polar surface area (TPSA) is 26.3 Å². The standard InChI is InChI=1S/C15H22O2/c1-5-15(3,4)11-12(2)14(16)17-13-9-7-6-8-10-13/h6-10,12H,5,11H2,1-4H3. The molecule has 0 fully saturated rings. The van der Waals surface area contributed by atoms with Crippen LogP contribution in [0.15, 0.2) is 30.3 Å². The smallest absolute Gasteiger partial charge is 0.314 e. The van der Waals surface area contributed by atoms with Crippen LogP contribution in [0.5, 0.6) is 5.75 Å². The molecule has 0 N–H and O–H groups in total. The fraction of sp³-hybridized carbons (Fsp3) is 0.533. The number of ether oxygens (including phenoxy) is 1. The lowest BCUT2D eigenvalue weighted by molar-refractivity contribution is -0.139. The highest BCUT2D eigenvalue weighted by molar-refractivity contribution is 5.74. The molecule has 0 heterocycles. The molecule has 0 aliphatic rings. The summed E-state index contributed by atoms with van der Waals surface area (Å²) >= 11 is 0. The third kappa shape index (κ3) is 4.59. The first-order chi connectivity index (χ1) is 7.94. The fourth-order valence-corrected chi connectivity index (χ4v) is 1.76. The van der Waals surface area contributed by atoms with Crippen molar-refractivity contribution < 1.29 is 9.53 Å².